The van der Waals surface area contributed by atoms with Gasteiger partial charge in [0.2, 0.25) is 17.7 Å². The number of hydrogen-bond acceptors (Lipinski definition) is 4. The largest absolute Gasteiger partial charge is 0.344 e. The van der Waals surface area contributed by atoms with Gasteiger partial charge in [0.1, 0.15) is 6.04 Å². The van der Waals surface area contributed by atoms with E-state index in [1.54, 1.807) is 0 Å². The van der Waals surface area contributed by atoms with Gasteiger partial charge in [-0.3, -0.25) is 14.4 Å². The highest BCUT2D eigenvalue weighted by atomic mass is 16.2. The average Bonchev–Trinajstić information content (AvgIpc) is 3.26. The first-order valence-electron chi connectivity index (χ1n) is 12.4. The van der Waals surface area contributed by atoms with Gasteiger partial charge in [-0.15, -0.1) is 0 Å². The lowest BCUT2D eigenvalue weighted by atomic mass is 10.00. The van der Waals surface area contributed by atoms with Gasteiger partial charge in [0.15, 0.2) is 0 Å². The smallest absolute Gasteiger partial charge is 0.245 e. The quantitative estimate of drug-likeness (QED) is 0.487. The van der Waals surface area contributed by atoms with Crippen LogP contribution in [0.5, 0.6) is 0 Å². The normalized spacial score (nSPS) is 20.9. The zero-order chi connectivity index (χ0) is 22.8. The summed E-state index contributed by atoms with van der Waals surface area (Å²) in [6.45, 7) is 8.23. The van der Waals surface area contributed by atoms with E-state index < -0.39 is 6.04 Å². The molecule has 1 saturated heterocycles. The van der Waals surface area contributed by atoms with Crippen LogP contribution < -0.4 is 11.1 Å². The molecule has 0 aromatic carbocycles. The molecule has 31 heavy (non-hydrogen) atoms. The van der Waals surface area contributed by atoms with Gasteiger partial charge in [-0.1, -0.05) is 46.0 Å². The summed E-state index contributed by atoms with van der Waals surface area (Å²) in [7, 11) is 0. The van der Waals surface area contributed by atoms with E-state index in [-0.39, 0.29) is 29.7 Å². The number of rotatable bonds is 11. The molecule has 178 valence electrons. The Kier molecular flexibility index (Phi) is 10.8. The number of nitrogens with one attached hydrogen (secondary N) is 1. The molecule has 7 nitrogen and oxygen atoms in total. The van der Waals surface area contributed by atoms with E-state index in [1.807, 2.05) is 30.6 Å². The third kappa shape index (κ3) is 8.09. The van der Waals surface area contributed by atoms with Crippen LogP contribution in [0.15, 0.2) is 0 Å². The van der Waals surface area contributed by atoms with E-state index in [9.17, 15) is 14.4 Å². The first-order chi connectivity index (χ1) is 14.8. The monoisotopic (exact) mass is 436 g/mol. The number of unbranched alkanes of at least 4 members (excludes halogenated alkanes) is 2. The van der Waals surface area contributed by atoms with Crippen LogP contribution in [-0.4, -0.2) is 65.8 Å². The maximum absolute atomic E-state index is 13.2. The molecule has 1 aliphatic heterocycles. The van der Waals surface area contributed by atoms with Crippen molar-refractivity contribution in [1.29, 1.82) is 0 Å². The second kappa shape index (κ2) is 13.0. The van der Waals surface area contributed by atoms with Crippen molar-refractivity contribution in [1.82, 2.24) is 15.1 Å². The summed E-state index contributed by atoms with van der Waals surface area (Å²) in [6, 6.07) is -0.507. The molecule has 0 aromatic heterocycles. The predicted octanol–water partition coefficient (Wildman–Crippen LogP) is 2.68. The van der Waals surface area contributed by atoms with Crippen LogP contribution >= 0.6 is 0 Å². The molecule has 1 heterocycles. The molecule has 2 unspecified atom stereocenters. The Bertz CT molecular complexity index is 589. The maximum atomic E-state index is 13.2. The lowest BCUT2D eigenvalue weighted by Gasteiger charge is -2.41. The molecule has 7 heteroatoms. The summed E-state index contributed by atoms with van der Waals surface area (Å²) in [4.78, 5) is 42.0. The van der Waals surface area contributed by atoms with Crippen molar-refractivity contribution in [3.63, 3.8) is 0 Å². The molecule has 1 saturated carbocycles. The Morgan fingerprint density at radius 3 is 2.35 bits per heavy atom. The fraction of sp³-hybridized carbons (Fsp3) is 0.875. The van der Waals surface area contributed by atoms with Crippen LogP contribution in [0.2, 0.25) is 0 Å². The lowest BCUT2D eigenvalue weighted by Crippen LogP contribution is -2.59. The van der Waals surface area contributed by atoms with Crippen LogP contribution in [0.1, 0.15) is 85.0 Å². The van der Waals surface area contributed by atoms with E-state index >= 15 is 0 Å². The molecular weight excluding hydrogens is 392 g/mol. The molecule has 2 fully saturated rings. The van der Waals surface area contributed by atoms with E-state index in [4.69, 9.17) is 5.73 Å². The summed E-state index contributed by atoms with van der Waals surface area (Å²) in [5, 5.41) is 2.95. The number of nitrogens with two attached hydrogens (primary N) is 1. The predicted molar refractivity (Wildman–Crippen MR) is 123 cm³/mol. The van der Waals surface area contributed by atoms with Gasteiger partial charge >= 0.3 is 0 Å². The average molecular weight is 437 g/mol. The van der Waals surface area contributed by atoms with Crippen LogP contribution in [0.4, 0.5) is 0 Å². The van der Waals surface area contributed by atoms with Gasteiger partial charge in [-0.2, -0.15) is 0 Å². The Balaban J connectivity index is 1.82. The molecule has 0 radical (unpaired) electrons. The van der Waals surface area contributed by atoms with Gasteiger partial charge in [-0.05, 0) is 44.6 Å². The Labute approximate surface area is 188 Å². The highest BCUT2D eigenvalue weighted by Gasteiger charge is 2.34. The number of carbonyl (C=O) groups excluding carboxylic acids is 3. The van der Waals surface area contributed by atoms with Crippen molar-refractivity contribution >= 4 is 17.7 Å². The van der Waals surface area contributed by atoms with Gasteiger partial charge in [-0.25, -0.2) is 0 Å². The van der Waals surface area contributed by atoms with E-state index in [0.29, 0.717) is 44.9 Å². The number of carbonyl (C=O) groups is 3. The molecule has 0 bridgehead atoms. The minimum atomic E-state index is -0.515. The number of hydrogen-bond donors (Lipinski definition) is 2. The fourth-order valence-corrected chi connectivity index (χ4v) is 4.86. The van der Waals surface area contributed by atoms with Crippen molar-refractivity contribution in [3.8, 4) is 0 Å². The Morgan fingerprint density at radius 1 is 1.03 bits per heavy atom. The minimum Gasteiger partial charge on any atom is -0.344 e. The van der Waals surface area contributed by atoms with Gasteiger partial charge in [0, 0.05) is 38.5 Å². The second-order valence-corrected chi connectivity index (χ2v) is 9.80. The molecule has 0 aromatic rings. The molecular formula is C24H44N4O3. The fourth-order valence-electron chi connectivity index (χ4n) is 4.86. The summed E-state index contributed by atoms with van der Waals surface area (Å²) in [5.41, 5.74) is 5.50. The number of amides is 3. The third-order valence-electron chi connectivity index (χ3n) is 6.86. The molecule has 1 aliphatic carbocycles. The van der Waals surface area contributed by atoms with E-state index in [1.165, 1.54) is 25.7 Å². The summed E-state index contributed by atoms with van der Waals surface area (Å²) in [5.74, 6) is 0.848. The first kappa shape index (κ1) is 25.6. The van der Waals surface area contributed by atoms with Gasteiger partial charge in [0.05, 0.1) is 0 Å². The Morgan fingerprint density at radius 2 is 1.74 bits per heavy atom. The topological polar surface area (TPSA) is 95.7 Å². The van der Waals surface area contributed by atoms with Crippen molar-refractivity contribution in [2.75, 3.05) is 26.2 Å². The third-order valence-corrected chi connectivity index (χ3v) is 6.86. The van der Waals surface area contributed by atoms with Crippen LogP contribution in [0.25, 0.3) is 0 Å². The molecule has 2 atom stereocenters. The van der Waals surface area contributed by atoms with E-state index in [2.05, 4.69) is 5.32 Å². The number of piperazine rings is 1. The maximum Gasteiger partial charge on any atom is 0.245 e. The summed E-state index contributed by atoms with van der Waals surface area (Å²) >= 11 is 0. The van der Waals surface area contributed by atoms with Gasteiger partial charge < -0.3 is 20.9 Å². The van der Waals surface area contributed by atoms with Crippen molar-refractivity contribution < 1.29 is 14.4 Å². The first-order valence-corrected chi connectivity index (χ1v) is 12.4. The zero-order valence-electron chi connectivity index (χ0n) is 19.9. The standard InChI is InChI=1S/C24H44N4O3/c1-18(2)23(26-21(29)11-5-4-8-14-25)24(31)27-15-16-28(19(3)17-27)22(30)13-12-20-9-6-7-10-20/h18-20,23H,4-17,25H2,1-3H3,(H,26,29). The van der Waals surface area contributed by atoms with Crippen molar-refractivity contribution in [2.45, 2.75) is 97.1 Å². The highest BCUT2D eigenvalue weighted by molar-refractivity contribution is 5.88. The Hall–Kier alpha value is -1.63. The lowest BCUT2D eigenvalue weighted by molar-refractivity contribution is -0.145. The summed E-state index contributed by atoms with van der Waals surface area (Å²) in [6.07, 6.45) is 9.82. The van der Waals surface area contributed by atoms with Crippen molar-refractivity contribution in [3.05, 3.63) is 0 Å². The molecule has 2 aliphatic rings. The van der Waals surface area contributed by atoms with Crippen LogP contribution in [0, 0.1) is 11.8 Å². The van der Waals surface area contributed by atoms with Crippen molar-refractivity contribution in [2.24, 2.45) is 17.6 Å². The number of nitrogens with zero attached hydrogens (tertiary/aromatic N) is 2. The molecule has 3 amide bonds. The second-order valence-electron chi connectivity index (χ2n) is 9.80. The van der Waals surface area contributed by atoms with E-state index in [0.717, 1.165) is 25.7 Å². The summed E-state index contributed by atoms with van der Waals surface area (Å²) < 4.78 is 0. The SMILES string of the molecule is CC(C)C(NC(=O)CCCCCN)C(=O)N1CCN(C(=O)CCC2CCCC2)C(C)C1. The molecule has 0 spiro atoms. The molecule has 3 N–H and O–H groups in total. The van der Waals surface area contributed by atoms with Crippen LogP contribution in [-0.2, 0) is 14.4 Å². The zero-order valence-corrected chi connectivity index (χ0v) is 19.9. The van der Waals surface area contributed by atoms with Gasteiger partial charge in [0.25, 0.3) is 0 Å². The van der Waals surface area contributed by atoms with Crippen LogP contribution in [0.3, 0.4) is 0 Å². The highest BCUT2D eigenvalue weighted by Crippen LogP contribution is 2.29. The minimum absolute atomic E-state index is 0.00792. The molecule has 2 rings (SSSR count).